The smallest absolute Gasteiger partial charge is 0.162 e. The molecule has 0 aromatic heterocycles. The second-order valence-corrected chi connectivity index (χ2v) is 3.15. The summed E-state index contributed by atoms with van der Waals surface area (Å²) < 4.78 is 0. The molecule has 70 valence electrons. The third-order valence-corrected chi connectivity index (χ3v) is 2.30. The Hall–Kier alpha value is -1.26. The Labute approximate surface area is 75.5 Å². The molecular weight excluding hydrogens is 170 g/mol. The second-order valence-electron chi connectivity index (χ2n) is 3.15. The van der Waals surface area contributed by atoms with Gasteiger partial charge in [0.25, 0.3) is 0 Å². The maximum atomic E-state index is 9.52. The molecule has 0 amide bonds. The number of benzene rings is 1. The predicted molar refractivity (Wildman–Crippen MR) is 46.4 cm³/mol. The molecule has 1 aliphatic rings. The zero-order valence-electron chi connectivity index (χ0n) is 6.99. The Kier molecular flexibility index (Phi) is 1.86. The van der Waals surface area contributed by atoms with Crippen molar-refractivity contribution in [1.29, 1.82) is 0 Å². The molecule has 0 aliphatic carbocycles. The van der Waals surface area contributed by atoms with E-state index < -0.39 is 6.10 Å². The number of phenolic OH excluding ortho intramolecular Hbond substituents is 2. The van der Waals surface area contributed by atoms with E-state index in [-0.39, 0.29) is 11.5 Å². The number of fused-ring (bicyclic) bond motifs is 1. The highest BCUT2D eigenvalue weighted by atomic mass is 16.3. The fourth-order valence-electron chi connectivity index (χ4n) is 1.58. The van der Waals surface area contributed by atoms with Gasteiger partial charge in [-0.05, 0) is 11.6 Å². The van der Waals surface area contributed by atoms with Crippen LogP contribution in [0.2, 0.25) is 0 Å². The van der Waals surface area contributed by atoms with Crippen LogP contribution >= 0.6 is 0 Å². The van der Waals surface area contributed by atoms with Crippen LogP contribution in [0.4, 0.5) is 0 Å². The summed E-state index contributed by atoms with van der Waals surface area (Å²) >= 11 is 0. The highest BCUT2D eigenvalue weighted by Gasteiger charge is 2.21. The van der Waals surface area contributed by atoms with Crippen molar-refractivity contribution >= 4 is 0 Å². The molecular formula is C9H11NO3. The molecule has 0 radical (unpaired) electrons. The van der Waals surface area contributed by atoms with Gasteiger partial charge in [0.1, 0.15) is 0 Å². The van der Waals surface area contributed by atoms with Gasteiger partial charge in [0.05, 0.1) is 6.10 Å². The molecule has 13 heavy (non-hydrogen) atoms. The van der Waals surface area contributed by atoms with Gasteiger partial charge in [0.2, 0.25) is 0 Å². The van der Waals surface area contributed by atoms with Gasteiger partial charge in [-0.1, -0.05) is 6.07 Å². The van der Waals surface area contributed by atoms with Gasteiger partial charge >= 0.3 is 0 Å². The summed E-state index contributed by atoms with van der Waals surface area (Å²) in [5.41, 5.74) is 1.27. The molecule has 1 heterocycles. The normalized spacial score (nSPS) is 21.2. The summed E-state index contributed by atoms with van der Waals surface area (Å²) in [4.78, 5) is 0. The molecule has 0 unspecified atom stereocenters. The summed E-state index contributed by atoms with van der Waals surface area (Å²) in [6.07, 6.45) is -0.602. The quantitative estimate of drug-likeness (QED) is 0.432. The molecule has 0 spiro atoms. The van der Waals surface area contributed by atoms with Gasteiger partial charge < -0.3 is 20.6 Å². The van der Waals surface area contributed by atoms with Crippen LogP contribution in [0.15, 0.2) is 12.1 Å². The number of aliphatic hydroxyl groups excluding tert-OH is 1. The Morgan fingerprint density at radius 2 is 2.08 bits per heavy atom. The third kappa shape index (κ3) is 1.24. The summed E-state index contributed by atoms with van der Waals surface area (Å²) in [6, 6.07) is 3.03. The number of hydrogen-bond acceptors (Lipinski definition) is 4. The van der Waals surface area contributed by atoms with E-state index in [0.717, 1.165) is 0 Å². The Morgan fingerprint density at radius 1 is 1.31 bits per heavy atom. The van der Waals surface area contributed by atoms with E-state index in [1.807, 2.05) is 0 Å². The van der Waals surface area contributed by atoms with Crippen LogP contribution in [-0.4, -0.2) is 21.9 Å². The van der Waals surface area contributed by atoms with E-state index in [4.69, 9.17) is 0 Å². The van der Waals surface area contributed by atoms with Gasteiger partial charge in [-0.15, -0.1) is 0 Å². The third-order valence-electron chi connectivity index (χ3n) is 2.30. The highest BCUT2D eigenvalue weighted by Crippen LogP contribution is 2.35. The van der Waals surface area contributed by atoms with E-state index in [2.05, 4.69) is 5.32 Å². The first-order chi connectivity index (χ1) is 6.20. The minimum atomic E-state index is -0.602. The van der Waals surface area contributed by atoms with Crippen LogP contribution in [-0.2, 0) is 6.54 Å². The minimum Gasteiger partial charge on any atom is -0.504 e. The fraction of sp³-hybridized carbons (Fsp3) is 0.333. The molecule has 4 N–H and O–H groups in total. The SMILES string of the molecule is Oc1ccc2c(c1O)CNC[C@H]2O. The van der Waals surface area contributed by atoms with Crippen molar-refractivity contribution in [2.24, 2.45) is 0 Å². The number of β-amino-alcohol motifs (C(OH)–C–C–N with tert-alkyl or cyclic N) is 1. The van der Waals surface area contributed by atoms with E-state index >= 15 is 0 Å². The lowest BCUT2D eigenvalue weighted by Crippen LogP contribution is -2.27. The predicted octanol–water partition coefficient (Wildman–Crippen LogP) is 0.234. The van der Waals surface area contributed by atoms with Crippen molar-refractivity contribution in [3.8, 4) is 11.5 Å². The summed E-state index contributed by atoms with van der Waals surface area (Å²) in [7, 11) is 0. The van der Waals surface area contributed by atoms with Gasteiger partial charge in [0, 0.05) is 18.7 Å². The Balaban J connectivity index is 2.56. The lowest BCUT2D eigenvalue weighted by Gasteiger charge is -2.23. The van der Waals surface area contributed by atoms with E-state index in [9.17, 15) is 15.3 Å². The van der Waals surface area contributed by atoms with Crippen LogP contribution in [0.3, 0.4) is 0 Å². The van der Waals surface area contributed by atoms with Crippen LogP contribution < -0.4 is 5.32 Å². The van der Waals surface area contributed by atoms with E-state index in [1.54, 1.807) is 6.07 Å². The molecule has 4 heteroatoms. The van der Waals surface area contributed by atoms with Crippen LogP contribution in [0, 0.1) is 0 Å². The monoisotopic (exact) mass is 181 g/mol. The largest absolute Gasteiger partial charge is 0.504 e. The van der Waals surface area contributed by atoms with Crippen molar-refractivity contribution in [1.82, 2.24) is 5.32 Å². The van der Waals surface area contributed by atoms with Crippen molar-refractivity contribution in [3.63, 3.8) is 0 Å². The maximum absolute atomic E-state index is 9.52. The molecule has 0 fully saturated rings. The van der Waals surface area contributed by atoms with Gasteiger partial charge in [0.15, 0.2) is 11.5 Å². The zero-order chi connectivity index (χ0) is 9.42. The molecule has 0 bridgehead atoms. The lowest BCUT2D eigenvalue weighted by atomic mass is 9.97. The average Bonchev–Trinajstić information content (AvgIpc) is 2.12. The van der Waals surface area contributed by atoms with Gasteiger partial charge in [-0.25, -0.2) is 0 Å². The first-order valence-corrected chi connectivity index (χ1v) is 4.12. The Morgan fingerprint density at radius 3 is 2.85 bits per heavy atom. The number of phenols is 2. The summed E-state index contributed by atoms with van der Waals surface area (Å²) in [6.45, 7) is 0.962. The van der Waals surface area contributed by atoms with Crippen molar-refractivity contribution in [2.75, 3.05) is 6.54 Å². The molecule has 0 saturated carbocycles. The maximum Gasteiger partial charge on any atom is 0.162 e. The summed E-state index contributed by atoms with van der Waals surface area (Å²) in [5.74, 6) is -0.279. The fourth-order valence-corrected chi connectivity index (χ4v) is 1.58. The molecule has 2 rings (SSSR count). The van der Waals surface area contributed by atoms with Gasteiger partial charge in [-0.2, -0.15) is 0 Å². The van der Waals surface area contributed by atoms with Crippen LogP contribution in [0.5, 0.6) is 11.5 Å². The van der Waals surface area contributed by atoms with E-state index in [0.29, 0.717) is 24.2 Å². The average molecular weight is 181 g/mol. The molecule has 1 aromatic rings. The van der Waals surface area contributed by atoms with Crippen molar-refractivity contribution in [2.45, 2.75) is 12.6 Å². The van der Waals surface area contributed by atoms with E-state index in [1.165, 1.54) is 6.07 Å². The number of nitrogens with one attached hydrogen (secondary N) is 1. The zero-order valence-corrected chi connectivity index (χ0v) is 6.99. The molecule has 1 atom stereocenters. The standard InChI is InChI=1S/C9H11NO3/c11-7-2-1-5-6(9(7)13)3-10-4-8(5)12/h1-2,8,10-13H,3-4H2/t8-/m1/s1. The summed E-state index contributed by atoms with van der Waals surface area (Å²) in [5, 5.41) is 31.1. The first-order valence-electron chi connectivity index (χ1n) is 4.12. The molecule has 1 aromatic carbocycles. The molecule has 4 nitrogen and oxygen atoms in total. The first kappa shape index (κ1) is 8.34. The van der Waals surface area contributed by atoms with Gasteiger partial charge in [-0.3, -0.25) is 0 Å². The van der Waals surface area contributed by atoms with Crippen LogP contribution in [0.1, 0.15) is 17.2 Å². The molecule has 0 saturated heterocycles. The number of rotatable bonds is 0. The number of hydrogen-bond donors (Lipinski definition) is 4. The topological polar surface area (TPSA) is 72.7 Å². The number of aliphatic hydroxyl groups is 1. The van der Waals surface area contributed by atoms with Crippen molar-refractivity contribution < 1.29 is 15.3 Å². The Bertz CT molecular complexity index is 338. The number of aromatic hydroxyl groups is 2. The minimum absolute atomic E-state index is 0.135. The van der Waals surface area contributed by atoms with Crippen molar-refractivity contribution in [3.05, 3.63) is 23.3 Å². The second kappa shape index (κ2) is 2.90. The lowest BCUT2D eigenvalue weighted by molar-refractivity contribution is 0.164. The van der Waals surface area contributed by atoms with Crippen LogP contribution in [0.25, 0.3) is 0 Å². The molecule has 1 aliphatic heterocycles. The highest BCUT2D eigenvalue weighted by molar-refractivity contribution is 5.50.